The molecule has 0 aromatic carbocycles. The third-order valence-corrected chi connectivity index (χ3v) is 2.63. The minimum atomic E-state index is -0.548. The van der Waals surface area contributed by atoms with E-state index in [4.69, 9.17) is 5.73 Å². The maximum atomic E-state index is 10.6. The third-order valence-electron chi connectivity index (χ3n) is 1.44. The first-order valence-electron chi connectivity index (χ1n) is 4.04. The largest absolute Gasteiger partial charge is 0.378 e. The van der Waals surface area contributed by atoms with Crippen molar-refractivity contribution in [3.8, 4) is 0 Å². The lowest BCUT2D eigenvalue weighted by Crippen LogP contribution is -2.01. The molecule has 14 heavy (non-hydrogen) atoms. The first kappa shape index (κ1) is 10.7. The topological polar surface area (TPSA) is 94.9 Å². The van der Waals surface area contributed by atoms with Gasteiger partial charge in [-0.3, -0.25) is 10.1 Å². The lowest BCUT2D eigenvalue weighted by atomic mass is 10.5. The van der Waals surface area contributed by atoms with Gasteiger partial charge >= 0.3 is 5.69 Å². The number of anilines is 1. The summed E-state index contributed by atoms with van der Waals surface area (Å²) >= 11 is 1.32. The van der Waals surface area contributed by atoms with Gasteiger partial charge in [0, 0.05) is 0 Å². The monoisotopic (exact) mass is 214 g/mol. The first-order chi connectivity index (χ1) is 6.66. The van der Waals surface area contributed by atoms with Crippen LogP contribution >= 0.6 is 11.8 Å². The average Bonchev–Trinajstić information content (AvgIpc) is 2.14. The minimum Gasteiger partial charge on any atom is -0.378 e. The van der Waals surface area contributed by atoms with Crippen LogP contribution in [-0.4, -0.2) is 20.6 Å². The van der Waals surface area contributed by atoms with Crippen LogP contribution in [0.3, 0.4) is 0 Å². The van der Waals surface area contributed by atoms with Crippen LogP contribution in [0, 0.1) is 10.1 Å². The molecule has 0 aliphatic carbocycles. The lowest BCUT2D eigenvalue weighted by Gasteiger charge is -2.01. The van der Waals surface area contributed by atoms with E-state index in [1.165, 1.54) is 18.1 Å². The number of thioether (sulfide) groups is 1. The van der Waals surface area contributed by atoms with E-state index >= 15 is 0 Å². The Bertz CT molecular complexity index is 344. The Morgan fingerprint density at radius 1 is 1.64 bits per heavy atom. The van der Waals surface area contributed by atoms with E-state index in [0.29, 0.717) is 5.03 Å². The Hall–Kier alpha value is -1.37. The summed E-state index contributed by atoms with van der Waals surface area (Å²) in [4.78, 5) is 17.5. The molecule has 0 unspecified atom stereocenters. The molecule has 1 rings (SSSR count). The summed E-state index contributed by atoms with van der Waals surface area (Å²) in [6, 6.07) is 0. The summed E-state index contributed by atoms with van der Waals surface area (Å²) in [7, 11) is 0. The van der Waals surface area contributed by atoms with Crippen molar-refractivity contribution >= 4 is 23.3 Å². The van der Waals surface area contributed by atoms with Gasteiger partial charge in [-0.2, -0.15) is 0 Å². The van der Waals surface area contributed by atoms with Crippen molar-refractivity contribution in [2.24, 2.45) is 0 Å². The molecule has 0 radical (unpaired) electrons. The second-order valence-electron chi connectivity index (χ2n) is 2.52. The van der Waals surface area contributed by atoms with E-state index in [1.807, 2.05) is 6.92 Å². The molecule has 0 aliphatic rings. The van der Waals surface area contributed by atoms with Crippen molar-refractivity contribution in [1.82, 2.24) is 9.97 Å². The van der Waals surface area contributed by atoms with E-state index in [9.17, 15) is 10.1 Å². The molecule has 2 N–H and O–H groups in total. The highest BCUT2D eigenvalue weighted by molar-refractivity contribution is 7.99. The van der Waals surface area contributed by atoms with Crippen LogP contribution in [0.25, 0.3) is 0 Å². The van der Waals surface area contributed by atoms with Crippen molar-refractivity contribution in [2.75, 3.05) is 11.5 Å². The van der Waals surface area contributed by atoms with E-state index in [0.717, 1.165) is 12.2 Å². The normalized spacial score (nSPS) is 10.1. The van der Waals surface area contributed by atoms with Gasteiger partial charge in [0.2, 0.25) is 5.82 Å². The molecule has 0 saturated heterocycles. The molecular weight excluding hydrogens is 204 g/mol. The Kier molecular flexibility index (Phi) is 3.63. The zero-order valence-electron chi connectivity index (χ0n) is 7.64. The molecule has 6 nitrogen and oxygen atoms in total. The van der Waals surface area contributed by atoms with Crippen LogP contribution in [0.5, 0.6) is 0 Å². The van der Waals surface area contributed by atoms with Gasteiger partial charge in [0.1, 0.15) is 6.33 Å². The van der Waals surface area contributed by atoms with Crippen molar-refractivity contribution in [2.45, 2.75) is 18.4 Å². The molecule has 0 bridgehead atoms. The fraction of sp³-hybridized carbons (Fsp3) is 0.429. The van der Waals surface area contributed by atoms with E-state index in [2.05, 4.69) is 9.97 Å². The smallest absolute Gasteiger partial charge is 0.343 e. The minimum absolute atomic E-state index is 0.0800. The van der Waals surface area contributed by atoms with Gasteiger partial charge in [-0.15, -0.1) is 0 Å². The maximum absolute atomic E-state index is 10.6. The number of nitrogen functional groups attached to an aromatic ring is 1. The predicted molar refractivity (Wildman–Crippen MR) is 54.1 cm³/mol. The van der Waals surface area contributed by atoms with Gasteiger partial charge in [0.15, 0.2) is 5.03 Å². The summed E-state index contributed by atoms with van der Waals surface area (Å²) < 4.78 is 0. The van der Waals surface area contributed by atoms with Crippen molar-refractivity contribution in [3.63, 3.8) is 0 Å². The van der Waals surface area contributed by atoms with Gasteiger partial charge in [0.05, 0.1) is 4.92 Å². The highest BCUT2D eigenvalue weighted by Crippen LogP contribution is 2.30. The van der Waals surface area contributed by atoms with E-state index in [1.54, 1.807) is 0 Å². The van der Waals surface area contributed by atoms with Crippen LogP contribution in [-0.2, 0) is 0 Å². The second-order valence-corrected chi connectivity index (χ2v) is 3.60. The second kappa shape index (κ2) is 4.75. The SMILES string of the molecule is CCCSc1ncnc(N)c1[N+](=O)[O-]. The van der Waals surface area contributed by atoms with Gasteiger partial charge in [-0.05, 0) is 12.2 Å². The maximum Gasteiger partial charge on any atom is 0.343 e. The van der Waals surface area contributed by atoms with Crippen LogP contribution in [0.2, 0.25) is 0 Å². The number of nitrogens with two attached hydrogens (primary N) is 1. The number of hydrogen-bond acceptors (Lipinski definition) is 6. The Balaban J connectivity index is 3.02. The summed E-state index contributed by atoms with van der Waals surface area (Å²) in [6.07, 6.45) is 2.16. The van der Waals surface area contributed by atoms with E-state index in [-0.39, 0.29) is 11.5 Å². The molecule has 0 spiro atoms. The molecule has 0 aliphatic heterocycles. The number of nitrogens with zero attached hydrogens (tertiary/aromatic N) is 3. The molecule has 1 heterocycles. The lowest BCUT2D eigenvalue weighted by molar-refractivity contribution is -0.387. The molecule has 0 saturated carbocycles. The van der Waals surface area contributed by atoms with Gasteiger partial charge in [0.25, 0.3) is 0 Å². The molecule has 76 valence electrons. The highest BCUT2D eigenvalue weighted by Gasteiger charge is 2.20. The fourth-order valence-corrected chi connectivity index (χ4v) is 1.69. The Morgan fingerprint density at radius 3 is 2.93 bits per heavy atom. The Labute approximate surface area is 85.1 Å². The van der Waals surface area contributed by atoms with Crippen LogP contribution in [0.15, 0.2) is 11.4 Å². The molecule has 7 heteroatoms. The molecule has 1 aromatic rings. The standard InChI is InChI=1S/C7H10N4O2S/c1-2-3-14-7-5(11(12)13)6(8)9-4-10-7/h4H,2-3H2,1H3,(H2,8,9,10). The number of aromatic nitrogens is 2. The molecule has 0 atom stereocenters. The first-order valence-corrected chi connectivity index (χ1v) is 5.03. The predicted octanol–water partition coefficient (Wildman–Crippen LogP) is 1.47. The quantitative estimate of drug-likeness (QED) is 0.353. The number of hydrogen-bond donors (Lipinski definition) is 1. The molecular formula is C7H10N4O2S. The summed E-state index contributed by atoms with van der Waals surface area (Å²) in [5.41, 5.74) is 5.20. The summed E-state index contributed by atoms with van der Waals surface area (Å²) in [5.74, 6) is 0.695. The van der Waals surface area contributed by atoms with Crippen LogP contribution in [0.1, 0.15) is 13.3 Å². The summed E-state index contributed by atoms with van der Waals surface area (Å²) in [6.45, 7) is 1.99. The van der Waals surface area contributed by atoms with Crippen molar-refractivity contribution < 1.29 is 4.92 Å². The van der Waals surface area contributed by atoms with Gasteiger partial charge in [-0.1, -0.05) is 18.7 Å². The fourth-order valence-electron chi connectivity index (χ4n) is 0.851. The number of rotatable bonds is 4. The van der Waals surface area contributed by atoms with Crippen LogP contribution < -0.4 is 5.73 Å². The zero-order valence-corrected chi connectivity index (χ0v) is 8.45. The highest BCUT2D eigenvalue weighted by atomic mass is 32.2. The third kappa shape index (κ3) is 2.32. The van der Waals surface area contributed by atoms with Crippen molar-refractivity contribution in [3.05, 3.63) is 16.4 Å². The van der Waals surface area contributed by atoms with Gasteiger partial charge in [-0.25, -0.2) is 9.97 Å². The average molecular weight is 214 g/mol. The van der Waals surface area contributed by atoms with Gasteiger partial charge < -0.3 is 5.73 Å². The zero-order chi connectivity index (χ0) is 10.6. The molecule has 0 amide bonds. The Morgan fingerprint density at radius 2 is 2.36 bits per heavy atom. The van der Waals surface area contributed by atoms with Crippen molar-refractivity contribution in [1.29, 1.82) is 0 Å². The van der Waals surface area contributed by atoms with Crippen LogP contribution in [0.4, 0.5) is 11.5 Å². The summed E-state index contributed by atoms with van der Waals surface area (Å²) in [5, 5.41) is 11.0. The van der Waals surface area contributed by atoms with E-state index < -0.39 is 4.92 Å². The molecule has 1 aromatic heterocycles. The number of nitro groups is 1. The molecule has 0 fully saturated rings.